The number of nitrogens with zero attached hydrogens (tertiary/aromatic N) is 3. The Hall–Kier alpha value is -1.27. The lowest BCUT2D eigenvalue weighted by molar-refractivity contribution is -0.121. The van der Waals surface area contributed by atoms with Crippen molar-refractivity contribution in [2.45, 2.75) is 70.9 Å². The second-order valence-corrected chi connectivity index (χ2v) is 10.4. The summed E-state index contributed by atoms with van der Waals surface area (Å²) < 4.78 is 3.32. The Morgan fingerprint density at radius 1 is 1.18 bits per heavy atom. The van der Waals surface area contributed by atoms with Crippen molar-refractivity contribution in [2.24, 2.45) is 5.92 Å². The highest BCUT2D eigenvalue weighted by Crippen LogP contribution is 2.51. The van der Waals surface area contributed by atoms with Crippen LogP contribution in [0, 0.1) is 5.92 Å². The first-order chi connectivity index (χ1) is 13.5. The lowest BCUT2D eigenvalue weighted by Crippen LogP contribution is -2.40. The summed E-state index contributed by atoms with van der Waals surface area (Å²) in [5, 5.41) is 0. The molecule has 1 aromatic heterocycles. The van der Waals surface area contributed by atoms with Crippen molar-refractivity contribution < 1.29 is 4.79 Å². The molecule has 0 radical (unpaired) electrons. The number of thioether (sulfide) groups is 1. The van der Waals surface area contributed by atoms with E-state index >= 15 is 0 Å². The molecule has 1 saturated heterocycles. The maximum atomic E-state index is 12.9. The Balaban J connectivity index is 1.66. The number of fused-ring (bicyclic) bond motifs is 5. The van der Waals surface area contributed by atoms with Crippen molar-refractivity contribution in [1.29, 1.82) is 0 Å². The third-order valence-corrected chi connectivity index (χ3v) is 8.62. The minimum atomic E-state index is 0.0810. The molecule has 1 aromatic rings. The fraction of sp³-hybridized carbons (Fsp3) is 0.636. The number of anilines is 1. The maximum absolute atomic E-state index is 12.9. The highest BCUT2D eigenvalue weighted by Gasteiger charge is 2.45. The summed E-state index contributed by atoms with van der Waals surface area (Å²) in [7, 11) is 2.30. The summed E-state index contributed by atoms with van der Waals surface area (Å²) in [5.74, 6) is 2.24. The molecule has 3 heterocycles. The molecule has 4 nitrogen and oxygen atoms in total. The molecule has 1 amide bonds. The van der Waals surface area contributed by atoms with E-state index in [1.807, 2.05) is 6.92 Å². The van der Waals surface area contributed by atoms with Crippen molar-refractivity contribution in [3.63, 3.8) is 0 Å². The molecule has 3 atom stereocenters. The molecule has 0 N–H and O–H groups in total. The van der Waals surface area contributed by atoms with Crippen LogP contribution in [0.1, 0.15) is 68.8 Å². The summed E-state index contributed by atoms with van der Waals surface area (Å²) in [6.45, 7) is 5.06. The van der Waals surface area contributed by atoms with Crippen LogP contribution in [-0.4, -0.2) is 39.3 Å². The van der Waals surface area contributed by atoms with E-state index in [2.05, 4.69) is 29.5 Å². The molecule has 0 aromatic carbocycles. The molecule has 2 fully saturated rings. The maximum Gasteiger partial charge on any atom is 0.266 e. The van der Waals surface area contributed by atoms with Crippen LogP contribution in [0.5, 0.6) is 0 Å². The number of hydrogen-bond acceptors (Lipinski definition) is 4. The Morgan fingerprint density at radius 3 is 2.64 bits per heavy atom. The van der Waals surface area contributed by atoms with Gasteiger partial charge in [-0.1, -0.05) is 37.3 Å². The van der Waals surface area contributed by atoms with E-state index in [0.717, 1.165) is 11.3 Å². The van der Waals surface area contributed by atoms with Crippen LogP contribution in [0.2, 0.25) is 0 Å². The molecule has 150 valence electrons. The minimum absolute atomic E-state index is 0.0810. The van der Waals surface area contributed by atoms with Crippen LogP contribution < -0.4 is 4.90 Å². The predicted octanol–water partition coefficient (Wildman–Crippen LogP) is 4.77. The molecule has 1 saturated carbocycles. The lowest BCUT2D eigenvalue weighted by atomic mass is 9.81. The van der Waals surface area contributed by atoms with Gasteiger partial charge in [-0.05, 0) is 68.6 Å². The van der Waals surface area contributed by atoms with Crippen LogP contribution in [0.15, 0.2) is 4.91 Å². The molecule has 6 heteroatoms. The molecule has 0 bridgehead atoms. The fourth-order valence-electron chi connectivity index (χ4n) is 6.04. The van der Waals surface area contributed by atoms with Gasteiger partial charge in [0.05, 0.1) is 17.0 Å². The molecule has 28 heavy (non-hydrogen) atoms. The molecular formula is C22H29N3OS2. The van der Waals surface area contributed by atoms with E-state index in [4.69, 9.17) is 12.2 Å². The Bertz CT molecular complexity index is 887. The van der Waals surface area contributed by atoms with Crippen LogP contribution >= 0.6 is 24.0 Å². The fourth-order valence-corrected chi connectivity index (χ4v) is 7.40. The Morgan fingerprint density at radius 2 is 1.93 bits per heavy atom. The van der Waals surface area contributed by atoms with Crippen LogP contribution in [0.25, 0.3) is 6.08 Å². The molecule has 3 unspecified atom stereocenters. The van der Waals surface area contributed by atoms with Crippen LogP contribution in [0.3, 0.4) is 0 Å². The number of likely N-dealkylation sites (N-methyl/N-ethyl adjacent to an activating group) is 2. The van der Waals surface area contributed by atoms with Crippen molar-refractivity contribution in [3.05, 3.63) is 21.7 Å². The number of hydrogen-bond donors (Lipinski definition) is 0. The smallest absolute Gasteiger partial charge is 0.266 e. The molecule has 5 rings (SSSR count). The van der Waals surface area contributed by atoms with E-state index in [1.165, 1.54) is 67.4 Å². The van der Waals surface area contributed by atoms with E-state index in [-0.39, 0.29) is 5.91 Å². The summed E-state index contributed by atoms with van der Waals surface area (Å²) >= 11 is 6.92. The lowest BCUT2D eigenvalue weighted by Gasteiger charge is -2.36. The first-order valence-corrected chi connectivity index (χ1v) is 12.0. The normalized spacial score (nSPS) is 30.8. The van der Waals surface area contributed by atoms with Gasteiger partial charge in [0.15, 0.2) is 0 Å². The monoisotopic (exact) mass is 415 g/mol. The number of thiocarbonyl (C=S) groups is 1. The quantitative estimate of drug-likeness (QED) is 0.514. The van der Waals surface area contributed by atoms with E-state index in [0.29, 0.717) is 28.9 Å². The molecular weight excluding hydrogens is 386 g/mol. The molecule has 2 aliphatic carbocycles. The van der Waals surface area contributed by atoms with Gasteiger partial charge in [0.2, 0.25) is 0 Å². The van der Waals surface area contributed by atoms with E-state index in [9.17, 15) is 4.79 Å². The van der Waals surface area contributed by atoms with Crippen molar-refractivity contribution >= 4 is 46.1 Å². The average molecular weight is 416 g/mol. The van der Waals surface area contributed by atoms with Crippen molar-refractivity contribution in [1.82, 2.24) is 9.47 Å². The Labute approximate surface area is 177 Å². The predicted molar refractivity (Wildman–Crippen MR) is 121 cm³/mol. The minimum Gasteiger partial charge on any atom is -0.355 e. The number of carbonyl (C=O) groups is 1. The average Bonchev–Trinajstić information content (AvgIpc) is 3.26. The topological polar surface area (TPSA) is 28.5 Å². The van der Waals surface area contributed by atoms with Gasteiger partial charge in [-0.3, -0.25) is 9.69 Å². The third kappa shape index (κ3) is 2.56. The SMILES string of the molecule is CCN1C(=O)/C(=C/c2c3c(c4n2C2CCCC(C)C2N4C)CCCC3)SC1=S. The summed E-state index contributed by atoms with van der Waals surface area (Å²) in [5.41, 5.74) is 4.34. The van der Waals surface area contributed by atoms with E-state index in [1.54, 1.807) is 10.5 Å². The van der Waals surface area contributed by atoms with Gasteiger partial charge >= 0.3 is 0 Å². The molecule has 4 aliphatic rings. The molecule has 0 spiro atoms. The summed E-state index contributed by atoms with van der Waals surface area (Å²) in [6.07, 6.45) is 10.9. The first kappa shape index (κ1) is 18.7. The summed E-state index contributed by atoms with van der Waals surface area (Å²) in [6, 6.07) is 1.13. The number of aromatic nitrogens is 1. The van der Waals surface area contributed by atoms with Gasteiger partial charge in [0, 0.05) is 19.3 Å². The van der Waals surface area contributed by atoms with Gasteiger partial charge in [0.1, 0.15) is 10.1 Å². The summed E-state index contributed by atoms with van der Waals surface area (Å²) in [4.78, 5) is 18.0. The van der Waals surface area contributed by atoms with Gasteiger partial charge in [0.25, 0.3) is 5.91 Å². The second kappa shape index (κ2) is 6.91. The zero-order valence-corrected chi connectivity index (χ0v) is 18.7. The van der Waals surface area contributed by atoms with E-state index < -0.39 is 0 Å². The Kier molecular flexibility index (Phi) is 4.62. The zero-order valence-electron chi connectivity index (χ0n) is 17.0. The first-order valence-electron chi connectivity index (χ1n) is 10.8. The van der Waals surface area contributed by atoms with Crippen LogP contribution in [-0.2, 0) is 17.6 Å². The van der Waals surface area contributed by atoms with Crippen molar-refractivity contribution in [3.8, 4) is 0 Å². The number of carbonyl (C=O) groups excluding carboxylic acids is 1. The van der Waals surface area contributed by atoms with Crippen molar-refractivity contribution in [2.75, 3.05) is 18.5 Å². The van der Waals surface area contributed by atoms with Crippen LogP contribution in [0.4, 0.5) is 5.82 Å². The van der Waals surface area contributed by atoms with Gasteiger partial charge < -0.3 is 9.47 Å². The largest absolute Gasteiger partial charge is 0.355 e. The van der Waals surface area contributed by atoms with Gasteiger partial charge in [-0.25, -0.2) is 0 Å². The molecule has 2 aliphatic heterocycles. The number of rotatable bonds is 2. The third-order valence-electron chi connectivity index (χ3n) is 7.24. The number of amides is 1. The standard InChI is InChI=1S/C22H29N3OS2/c1-4-24-21(26)18(28-22(24)27)12-17-14-9-5-6-10-15(14)20-23(3)19-13(2)8-7-11-16(19)25(17)20/h12-13,16,19H,4-11H2,1-3H3/b18-12-. The highest BCUT2D eigenvalue weighted by atomic mass is 32.2. The highest BCUT2D eigenvalue weighted by molar-refractivity contribution is 8.26. The zero-order chi connectivity index (χ0) is 19.6. The van der Waals surface area contributed by atoms with Gasteiger partial charge in [-0.2, -0.15) is 0 Å². The van der Waals surface area contributed by atoms with Gasteiger partial charge in [-0.15, -0.1) is 0 Å². The second-order valence-electron chi connectivity index (χ2n) is 8.75.